The molecule has 0 amide bonds. The number of hydrogen-bond acceptors (Lipinski definition) is 3. The first-order valence-corrected chi connectivity index (χ1v) is 8.99. The van der Waals surface area contributed by atoms with Crippen LogP contribution in [-0.4, -0.2) is 19.2 Å². The van der Waals surface area contributed by atoms with Crippen LogP contribution in [0.1, 0.15) is 57.1 Å². The molecule has 132 valence electrons. The molecule has 1 atom stereocenters. The van der Waals surface area contributed by atoms with E-state index >= 15 is 0 Å². The Balaban J connectivity index is 2.40. The maximum Gasteiger partial charge on any atom is 0.161 e. The summed E-state index contributed by atoms with van der Waals surface area (Å²) in [7, 11) is 3.34. The van der Waals surface area contributed by atoms with E-state index in [9.17, 15) is 0 Å². The number of fused-ring (bicyclic) bond motifs is 3. The van der Waals surface area contributed by atoms with Gasteiger partial charge in [-0.1, -0.05) is 39.8 Å². The third-order valence-corrected chi connectivity index (χ3v) is 5.16. The highest BCUT2D eigenvalue weighted by molar-refractivity contribution is 6.07. The van der Waals surface area contributed by atoms with Crippen molar-refractivity contribution in [2.45, 2.75) is 46.0 Å². The number of nitrogens with zero attached hydrogens (tertiary/aromatic N) is 1. The fourth-order valence-corrected chi connectivity index (χ4v) is 3.56. The lowest BCUT2D eigenvalue weighted by Crippen LogP contribution is -2.03. The molecule has 0 aliphatic heterocycles. The van der Waals surface area contributed by atoms with Crippen molar-refractivity contribution in [3.8, 4) is 11.5 Å². The number of rotatable bonds is 5. The fourth-order valence-electron chi connectivity index (χ4n) is 3.56. The first-order valence-electron chi connectivity index (χ1n) is 8.99. The Bertz CT molecular complexity index is 915. The van der Waals surface area contributed by atoms with Gasteiger partial charge in [0, 0.05) is 17.0 Å². The molecule has 3 rings (SSSR count). The summed E-state index contributed by atoms with van der Waals surface area (Å²) < 4.78 is 10.9. The maximum atomic E-state index is 5.50. The van der Waals surface area contributed by atoms with E-state index in [0.717, 1.165) is 34.2 Å². The quantitative estimate of drug-likeness (QED) is 0.532. The summed E-state index contributed by atoms with van der Waals surface area (Å²) in [4.78, 5) is 4.84. The van der Waals surface area contributed by atoms with Gasteiger partial charge in [0.25, 0.3) is 0 Å². The van der Waals surface area contributed by atoms with Crippen molar-refractivity contribution in [1.29, 1.82) is 0 Å². The first-order chi connectivity index (χ1) is 12.0. The van der Waals surface area contributed by atoms with Gasteiger partial charge >= 0.3 is 0 Å². The molecule has 0 fully saturated rings. The molecular weight excluding hydrogens is 310 g/mol. The van der Waals surface area contributed by atoms with Gasteiger partial charge in [-0.15, -0.1) is 0 Å². The molecule has 0 aliphatic rings. The van der Waals surface area contributed by atoms with E-state index in [2.05, 4.69) is 46.0 Å². The fraction of sp³-hybridized carbons (Fsp3) is 0.409. The summed E-state index contributed by atoms with van der Waals surface area (Å²) in [5.41, 5.74) is 3.82. The number of hydrogen-bond donors (Lipinski definition) is 0. The SMILES string of the molecule is CCC(C)c1c(C(C)C)cnc2c1ccc1cc(OC)c(OC)cc12. The third kappa shape index (κ3) is 2.92. The van der Waals surface area contributed by atoms with Gasteiger partial charge in [0.1, 0.15) is 0 Å². The van der Waals surface area contributed by atoms with E-state index in [1.54, 1.807) is 14.2 Å². The number of benzene rings is 2. The van der Waals surface area contributed by atoms with Crippen LogP contribution < -0.4 is 9.47 Å². The van der Waals surface area contributed by atoms with E-state index in [1.807, 2.05) is 12.1 Å². The van der Waals surface area contributed by atoms with Crippen LogP contribution in [0.5, 0.6) is 11.5 Å². The zero-order valence-corrected chi connectivity index (χ0v) is 16.0. The van der Waals surface area contributed by atoms with Crippen molar-refractivity contribution in [3.05, 3.63) is 41.6 Å². The second kappa shape index (κ2) is 6.91. The molecule has 1 aromatic heterocycles. The molecule has 2 aromatic carbocycles. The van der Waals surface area contributed by atoms with Gasteiger partial charge in [-0.05, 0) is 46.9 Å². The minimum atomic E-state index is 0.460. The Morgan fingerprint density at radius 2 is 1.64 bits per heavy atom. The summed E-state index contributed by atoms with van der Waals surface area (Å²) in [5, 5.41) is 3.47. The van der Waals surface area contributed by atoms with Crippen LogP contribution in [0.3, 0.4) is 0 Å². The van der Waals surface area contributed by atoms with Crippen molar-refractivity contribution in [2.75, 3.05) is 14.2 Å². The average molecular weight is 337 g/mol. The highest BCUT2D eigenvalue weighted by atomic mass is 16.5. The lowest BCUT2D eigenvalue weighted by molar-refractivity contribution is 0.356. The summed E-state index contributed by atoms with van der Waals surface area (Å²) in [6, 6.07) is 8.44. The molecule has 0 saturated heterocycles. The van der Waals surface area contributed by atoms with Gasteiger partial charge in [-0.3, -0.25) is 4.98 Å². The molecular formula is C22H27NO2. The number of ether oxygens (including phenoxy) is 2. The zero-order valence-electron chi connectivity index (χ0n) is 16.0. The lowest BCUT2D eigenvalue weighted by atomic mass is 9.86. The standard InChI is InChI=1S/C22H27NO2/c1-7-14(4)21-16-9-8-15-10-19(24-5)20(25-6)11-17(15)22(16)23-12-18(21)13(2)3/h8-14H,7H2,1-6H3. The third-order valence-electron chi connectivity index (χ3n) is 5.16. The van der Waals surface area contributed by atoms with E-state index in [-0.39, 0.29) is 0 Å². The molecule has 0 aliphatic carbocycles. The second-order valence-electron chi connectivity index (χ2n) is 6.98. The number of aromatic nitrogens is 1. The molecule has 0 radical (unpaired) electrons. The van der Waals surface area contributed by atoms with Crippen LogP contribution in [0.4, 0.5) is 0 Å². The average Bonchev–Trinajstić information content (AvgIpc) is 2.64. The van der Waals surface area contributed by atoms with Crippen LogP contribution in [-0.2, 0) is 0 Å². The molecule has 0 bridgehead atoms. The molecule has 3 heteroatoms. The van der Waals surface area contributed by atoms with Gasteiger partial charge in [0.15, 0.2) is 11.5 Å². The molecule has 0 spiro atoms. The predicted molar refractivity (Wildman–Crippen MR) is 105 cm³/mol. The summed E-state index contributed by atoms with van der Waals surface area (Å²) in [6.07, 6.45) is 3.17. The van der Waals surface area contributed by atoms with Gasteiger partial charge in [0.05, 0.1) is 19.7 Å². The second-order valence-corrected chi connectivity index (χ2v) is 6.98. The predicted octanol–water partition coefficient (Wildman–Crippen LogP) is 6.04. The Morgan fingerprint density at radius 1 is 0.960 bits per heavy atom. The largest absolute Gasteiger partial charge is 0.493 e. The molecule has 0 N–H and O–H groups in total. The van der Waals surface area contributed by atoms with Gasteiger partial charge < -0.3 is 9.47 Å². The van der Waals surface area contributed by atoms with Crippen LogP contribution in [0.15, 0.2) is 30.5 Å². The Hall–Kier alpha value is -2.29. The topological polar surface area (TPSA) is 31.4 Å². The van der Waals surface area contributed by atoms with E-state index < -0.39 is 0 Å². The molecule has 3 aromatic rings. The molecule has 3 nitrogen and oxygen atoms in total. The maximum absolute atomic E-state index is 5.50. The summed E-state index contributed by atoms with van der Waals surface area (Å²) >= 11 is 0. The zero-order chi connectivity index (χ0) is 18.1. The van der Waals surface area contributed by atoms with Gasteiger partial charge in [0.2, 0.25) is 0 Å². The lowest BCUT2D eigenvalue weighted by Gasteiger charge is -2.21. The monoisotopic (exact) mass is 337 g/mol. The number of methoxy groups -OCH3 is 2. The van der Waals surface area contributed by atoms with Crippen molar-refractivity contribution in [1.82, 2.24) is 4.98 Å². The van der Waals surface area contributed by atoms with Crippen LogP contribution >= 0.6 is 0 Å². The number of pyridine rings is 1. The molecule has 1 unspecified atom stereocenters. The van der Waals surface area contributed by atoms with E-state index in [1.165, 1.54) is 16.5 Å². The first kappa shape index (κ1) is 17.5. The molecule has 1 heterocycles. The normalized spacial score (nSPS) is 12.8. The highest BCUT2D eigenvalue weighted by Gasteiger charge is 2.18. The minimum Gasteiger partial charge on any atom is -0.493 e. The van der Waals surface area contributed by atoms with Gasteiger partial charge in [-0.2, -0.15) is 0 Å². The molecule has 25 heavy (non-hydrogen) atoms. The van der Waals surface area contributed by atoms with Crippen molar-refractivity contribution >= 4 is 21.7 Å². The van der Waals surface area contributed by atoms with Crippen LogP contribution in [0.2, 0.25) is 0 Å². The van der Waals surface area contributed by atoms with Crippen molar-refractivity contribution < 1.29 is 9.47 Å². The smallest absolute Gasteiger partial charge is 0.161 e. The van der Waals surface area contributed by atoms with Crippen molar-refractivity contribution in [3.63, 3.8) is 0 Å². The van der Waals surface area contributed by atoms with E-state index in [4.69, 9.17) is 14.5 Å². The Labute approximate surface area is 150 Å². The van der Waals surface area contributed by atoms with Gasteiger partial charge in [-0.25, -0.2) is 0 Å². The van der Waals surface area contributed by atoms with E-state index in [0.29, 0.717) is 11.8 Å². The Morgan fingerprint density at radius 3 is 2.24 bits per heavy atom. The highest BCUT2D eigenvalue weighted by Crippen LogP contribution is 2.39. The summed E-state index contributed by atoms with van der Waals surface area (Å²) in [5.74, 6) is 2.44. The van der Waals surface area contributed by atoms with Crippen LogP contribution in [0, 0.1) is 0 Å². The molecule has 0 saturated carbocycles. The van der Waals surface area contributed by atoms with Crippen molar-refractivity contribution in [2.24, 2.45) is 0 Å². The van der Waals surface area contributed by atoms with Crippen LogP contribution in [0.25, 0.3) is 21.7 Å². The Kier molecular flexibility index (Phi) is 4.85. The minimum absolute atomic E-state index is 0.460. The summed E-state index contributed by atoms with van der Waals surface area (Å²) in [6.45, 7) is 9.03.